The van der Waals surface area contributed by atoms with Crippen molar-refractivity contribution in [3.63, 3.8) is 0 Å². The third kappa shape index (κ3) is 17.0. The van der Waals surface area contributed by atoms with Gasteiger partial charge in [-0.3, -0.25) is 9.13 Å². The first-order chi connectivity index (χ1) is 53.3. The van der Waals surface area contributed by atoms with E-state index in [0.29, 0.717) is 24.5 Å². The quantitative estimate of drug-likeness (QED) is 0.0280. The Labute approximate surface area is 653 Å². The van der Waals surface area contributed by atoms with Crippen molar-refractivity contribution < 1.29 is 46.8 Å². The summed E-state index contributed by atoms with van der Waals surface area (Å²) < 4.78 is 59.3. The fraction of sp³-hybridized carbons (Fsp3) is 0.308. The maximum atomic E-state index is 14.6. The zero-order chi connectivity index (χ0) is 78.8. The van der Waals surface area contributed by atoms with Gasteiger partial charge in [0.25, 0.3) is 0 Å². The molecule has 20 heteroatoms. The molecule has 2 fully saturated rings. The minimum atomic E-state index is -2.39. The molecule has 6 atom stereocenters. The van der Waals surface area contributed by atoms with Crippen LogP contribution in [0.25, 0.3) is 0 Å². The second-order valence-corrected chi connectivity index (χ2v) is 40.7. The molecule has 576 valence electrons. The Balaban J connectivity index is 0.000000225. The number of methoxy groups -OCH3 is 4. The Morgan fingerprint density at radius 1 is 0.405 bits per heavy atom. The standard InChI is InChI=1S/C56H61N3O7Si.C35H41N3O5Si/c1-54(2,3)67(7,8)66-50-38-49(39-64-56(43-22-16-11-17-23-43,44-26-32-47(62-5)33-27-44)45-28-34-48(63-6)35-29-45)65-52(50)59-37-36-51(57-53(59)60)58-55(40-18-12-9-13-19-40,41-20-14-10-15-21-41)42-24-30-46(61-4)31-25-42;1-34(2,3)44(5,6)43-30-23-29(24-39)42-32(30)38-22-21-31(36-33(38)40)37-35(25-13-9-7-10-14-25,26-15-11-8-12-16-26)27-17-19-28(41-4)20-18-27/h9-37,49-50,52H,38-39H2,1-8H3,(H,57,58,60);7-22,24,29-30,32H,23H2,1-6H3,(H,36,37,40)/t49-,50+,52+;29-,30+,32+/m00/s1. The third-order valence-corrected chi connectivity index (χ3v) is 31.3. The molecule has 0 spiro atoms. The average molecular weight is 1530 g/mol. The van der Waals surface area contributed by atoms with Crippen LogP contribution in [-0.4, -0.2) is 101 Å². The highest BCUT2D eigenvalue weighted by atomic mass is 28.4. The van der Waals surface area contributed by atoms with E-state index in [0.717, 1.165) is 79.4 Å². The number of ether oxygens (including phenoxy) is 7. The van der Waals surface area contributed by atoms with Crippen molar-refractivity contribution in [2.24, 2.45) is 0 Å². The predicted molar refractivity (Wildman–Crippen MR) is 441 cm³/mol. The summed E-state index contributed by atoms with van der Waals surface area (Å²) in [5.74, 6) is 3.74. The summed E-state index contributed by atoms with van der Waals surface area (Å²) in [7, 11) is 2.00. The maximum Gasteiger partial charge on any atom is 0.351 e. The number of rotatable bonds is 27. The number of nitrogens with zero attached hydrogens (tertiary/aromatic N) is 4. The van der Waals surface area contributed by atoms with E-state index < -0.39 is 81.6 Å². The fourth-order valence-corrected chi connectivity index (χ4v) is 16.9. The third-order valence-electron chi connectivity index (χ3n) is 22.3. The Morgan fingerprint density at radius 3 is 1.00 bits per heavy atom. The monoisotopic (exact) mass is 1530 g/mol. The molecule has 2 aliphatic rings. The van der Waals surface area contributed by atoms with Crippen LogP contribution >= 0.6 is 0 Å². The van der Waals surface area contributed by atoms with Crippen LogP contribution in [0.4, 0.5) is 11.6 Å². The number of benzene rings is 9. The van der Waals surface area contributed by atoms with Gasteiger partial charge in [-0.15, -0.1) is 0 Å². The van der Waals surface area contributed by atoms with Gasteiger partial charge in [0.1, 0.15) is 63.7 Å². The van der Waals surface area contributed by atoms with Crippen LogP contribution in [0.5, 0.6) is 23.0 Å². The molecule has 9 aromatic carbocycles. The van der Waals surface area contributed by atoms with Crippen molar-refractivity contribution in [2.45, 2.75) is 144 Å². The molecule has 18 nitrogen and oxygen atoms in total. The van der Waals surface area contributed by atoms with Gasteiger partial charge in [-0.2, -0.15) is 9.97 Å². The molecule has 11 aromatic rings. The van der Waals surface area contributed by atoms with Crippen molar-refractivity contribution in [1.82, 2.24) is 19.1 Å². The Bertz CT molecular complexity index is 4850. The predicted octanol–water partition coefficient (Wildman–Crippen LogP) is 17.9. The molecule has 2 aromatic heterocycles. The van der Waals surface area contributed by atoms with Gasteiger partial charge in [0.2, 0.25) is 0 Å². The van der Waals surface area contributed by atoms with E-state index in [2.05, 4.69) is 144 Å². The summed E-state index contributed by atoms with van der Waals surface area (Å²) >= 11 is 0. The molecule has 0 radical (unpaired) electrons. The second-order valence-electron chi connectivity index (χ2n) is 31.1. The lowest BCUT2D eigenvalue weighted by molar-refractivity contribution is -0.120. The lowest BCUT2D eigenvalue weighted by atomic mass is 9.77. The smallest absolute Gasteiger partial charge is 0.351 e. The highest BCUT2D eigenvalue weighted by Crippen LogP contribution is 2.48. The van der Waals surface area contributed by atoms with Gasteiger partial charge in [-0.1, -0.05) is 242 Å². The number of aromatic nitrogens is 4. The maximum absolute atomic E-state index is 14.6. The minimum Gasteiger partial charge on any atom is -0.497 e. The number of hydrogen-bond acceptors (Lipinski definition) is 16. The summed E-state index contributed by atoms with van der Waals surface area (Å²) in [6.07, 6.45) is 1.53. The average Bonchev–Trinajstić information content (AvgIpc) is 1.36. The minimum absolute atomic E-state index is 0.0481. The van der Waals surface area contributed by atoms with Gasteiger partial charge in [-0.05, 0) is 147 Å². The summed E-state index contributed by atoms with van der Waals surface area (Å²) in [5, 5.41) is 7.24. The van der Waals surface area contributed by atoms with Gasteiger partial charge in [0.05, 0.1) is 53.4 Å². The number of carbonyl (C=O) groups excluding carboxylic acids is 1. The summed E-state index contributed by atoms with van der Waals surface area (Å²) in [5.41, 5.74) is 4.68. The van der Waals surface area contributed by atoms with Crippen LogP contribution < -0.4 is 41.0 Å². The molecule has 0 bridgehead atoms. The lowest BCUT2D eigenvalue weighted by Gasteiger charge is -2.39. The van der Waals surface area contributed by atoms with E-state index >= 15 is 0 Å². The highest BCUT2D eigenvalue weighted by molar-refractivity contribution is 6.74. The Morgan fingerprint density at radius 2 is 0.694 bits per heavy atom. The van der Waals surface area contributed by atoms with Gasteiger partial charge in [-0.25, -0.2) is 9.59 Å². The Kier molecular flexibility index (Phi) is 24.5. The van der Waals surface area contributed by atoms with Crippen molar-refractivity contribution in [2.75, 3.05) is 45.7 Å². The van der Waals surface area contributed by atoms with Crippen LogP contribution in [0.3, 0.4) is 0 Å². The molecule has 0 unspecified atom stereocenters. The number of anilines is 2. The summed E-state index contributed by atoms with van der Waals surface area (Å²) in [6, 6.07) is 86.1. The summed E-state index contributed by atoms with van der Waals surface area (Å²) in [4.78, 5) is 49.3. The van der Waals surface area contributed by atoms with Crippen LogP contribution in [0.2, 0.25) is 36.3 Å². The number of carbonyl (C=O) groups is 1. The topological polar surface area (TPSA) is 194 Å². The molecule has 2 N–H and O–H groups in total. The highest BCUT2D eigenvalue weighted by Gasteiger charge is 2.49. The van der Waals surface area contributed by atoms with Gasteiger partial charge >= 0.3 is 11.4 Å². The largest absolute Gasteiger partial charge is 0.497 e. The number of nitrogens with one attached hydrogen (secondary N) is 2. The van der Waals surface area contributed by atoms with Crippen molar-refractivity contribution in [3.8, 4) is 23.0 Å². The fourth-order valence-electron chi connectivity index (χ4n) is 14.3. The van der Waals surface area contributed by atoms with E-state index in [4.69, 9.17) is 47.0 Å². The molecule has 0 aliphatic carbocycles. The van der Waals surface area contributed by atoms with E-state index in [1.165, 1.54) is 4.57 Å². The number of aldehydes is 1. The zero-order valence-corrected chi connectivity index (χ0v) is 67.8. The van der Waals surface area contributed by atoms with Gasteiger partial charge in [0.15, 0.2) is 29.1 Å². The van der Waals surface area contributed by atoms with Crippen LogP contribution in [0.1, 0.15) is 117 Å². The molecule has 2 aliphatic heterocycles. The van der Waals surface area contributed by atoms with E-state index in [-0.39, 0.29) is 16.7 Å². The van der Waals surface area contributed by atoms with E-state index in [9.17, 15) is 14.4 Å². The molecule has 13 rings (SSSR count). The lowest BCUT2D eigenvalue weighted by Crippen LogP contribution is -2.46. The van der Waals surface area contributed by atoms with Crippen LogP contribution in [0, 0.1) is 0 Å². The van der Waals surface area contributed by atoms with Gasteiger partial charge in [0, 0.05) is 25.2 Å². The molecule has 4 heterocycles. The van der Waals surface area contributed by atoms with Gasteiger partial charge < -0.3 is 57.4 Å². The molecule has 0 saturated carbocycles. The van der Waals surface area contributed by atoms with Crippen LogP contribution in [-0.2, 0) is 44.5 Å². The van der Waals surface area contributed by atoms with Crippen molar-refractivity contribution in [1.29, 1.82) is 0 Å². The van der Waals surface area contributed by atoms with Crippen LogP contribution in [0.15, 0.2) is 283 Å². The van der Waals surface area contributed by atoms with Crippen molar-refractivity contribution in [3.05, 3.63) is 344 Å². The molecule has 0 amide bonds. The van der Waals surface area contributed by atoms with E-state index in [1.807, 2.05) is 194 Å². The normalized spacial score (nSPS) is 17.6. The SMILES string of the molecule is COc1ccc(C(Nc2ccn([C@@H]3O[C@H](C=O)C[C@H]3O[Si](C)(C)C(C)(C)C)c(=O)n2)(c2ccccc2)c2ccccc2)cc1.COc1ccc(C(Nc2ccn([C@@H]3O[C@H](COC(c4ccccc4)(c4ccc(OC)cc4)c4ccc(OC)cc4)C[C@H]3O[Si](C)(C)C(C)(C)C)c(=O)n2)(c2ccccc2)c2ccccc2)cc1. The molecular weight excluding hydrogens is 1430 g/mol. The zero-order valence-electron chi connectivity index (χ0n) is 65.8. The molecule has 111 heavy (non-hydrogen) atoms. The Hall–Kier alpha value is -10.6. The molecule has 2 saturated heterocycles. The van der Waals surface area contributed by atoms with Crippen molar-refractivity contribution >= 4 is 34.6 Å². The molecular formula is C91H102N6O12Si2. The summed E-state index contributed by atoms with van der Waals surface area (Å²) in [6.45, 7) is 22.0. The first-order valence-electron chi connectivity index (χ1n) is 37.7. The first kappa shape index (κ1) is 80.0. The van der Waals surface area contributed by atoms with E-state index in [1.54, 1.807) is 51.5 Å². The first-order valence-corrected chi connectivity index (χ1v) is 43.5. The second kappa shape index (κ2) is 34.0. The number of hydrogen-bond donors (Lipinski definition) is 2.